The summed E-state index contributed by atoms with van der Waals surface area (Å²) in [6, 6.07) is 11.7. The Hall–Kier alpha value is -2.05. The number of hydrogen-bond donors (Lipinski definition) is 0. The standard InChI is InChI=1S/C15H11ClFNO/c1-10-6-11(8-18)2-3-12(10)9-19-13-4-5-15(17)14(16)7-13/h2-7H,9H2,1H3. The molecule has 0 spiro atoms. The van der Waals surface area contributed by atoms with Crippen molar-refractivity contribution in [3.05, 3.63) is 63.9 Å². The molecule has 0 N–H and O–H groups in total. The SMILES string of the molecule is Cc1cc(C#N)ccc1COc1ccc(F)c(Cl)c1. The van der Waals surface area contributed by atoms with E-state index in [-0.39, 0.29) is 5.02 Å². The van der Waals surface area contributed by atoms with Crippen molar-refractivity contribution >= 4 is 11.6 Å². The summed E-state index contributed by atoms with van der Waals surface area (Å²) >= 11 is 5.68. The van der Waals surface area contributed by atoms with E-state index >= 15 is 0 Å². The largest absolute Gasteiger partial charge is 0.489 e. The maximum absolute atomic E-state index is 13.0. The second-order valence-electron chi connectivity index (χ2n) is 4.12. The van der Waals surface area contributed by atoms with E-state index in [1.165, 1.54) is 18.2 Å². The van der Waals surface area contributed by atoms with Crippen LogP contribution in [0.1, 0.15) is 16.7 Å². The van der Waals surface area contributed by atoms with Gasteiger partial charge in [0.15, 0.2) is 0 Å². The predicted octanol–water partition coefficient (Wildman–Crippen LogP) is 4.24. The molecule has 0 fully saturated rings. The summed E-state index contributed by atoms with van der Waals surface area (Å²) in [5, 5.41) is 8.82. The zero-order valence-corrected chi connectivity index (χ0v) is 11.0. The van der Waals surface area contributed by atoms with Crippen molar-refractivity contribution in [1.82, 2.24) is 0 Å². The van der Waals surface area contributed by atoms with Gasteiger partial charge in [0.05, 0.1) is 16.7 Å². The van der Waals surface area contributed by atoms with Crippen molar-refractivity contribution in [2.75, 3.05) is 0 Å². The average molecular weight is 276 g/mol. The van der Waals surface area contributed by atoms with E-state index in [1.54, 1.807) is 12.1 Å². The Balaban J connectivity index is 2.10. The van der Waals surface area contributed by atoms with Gasteiger partial charge in [-0.3, -0.25) is 0 Å². The molecule has 0 amide bonds. The lowest BCUT2D eigenvalue weighted by molar-refractivity contribution is 0.305. The van der Waals surface area contributed by atoms with Crippen molar-refractivity contribution < 1.29 is 9.13 Å². The van der Waals surface area contributed by atoms with Gasteiger partial charge in [-0.25, -0.2) is 4.39 Å². The number of hydrogen-bond acceptors (Lipinski definition) is 2. The van der Waals surface area contributed by atoms with Gasteiger partial charge in [0.1, 0.15) is 18.2 Å². The third-order valence-corrected chi connectivity index (χ3v) is 3.05. The number of aryl methyl sites for hydroxylation is 1. The van der Waals surface area contributed by atoms with Crippen molar-refractivity contribution in [3.8, 4) is 11.8 Å². The smallest absolute Gasteiger partial charge is 0.142 e. The first-order chi connectivity index (χ1) is 9.10. The van der Waals surface area contributed by atoms with Crippen molar-refractivity contribution in [1.29, 1.82) is 5.26 Å². The quantitative estimate of drug-likeness (QED) is 0.839. The fourth-order valence-electron chi connectivity index (χ4n) is 1.66. The van der Waals surface area contributed by atoms with Gasteiger partial charge in [0, 0.05) is 6.07 Å². The van der Waals surface area contributed by atoms with Gasteiger partial charge < -0.3 is 4.74 Å². The monoisotopic (exact) mass is 275 g/mol. The van der Waals surface area contributed by atoms with Gasteiger partial charge in [-0.05, 0) is 42.3 Å². The molecular weight excluding hydrogens is 265 g/mol. The minimum Gasteiger partial charge on any atom is -0.489 e. The van der Waals surface area contributed by atoms with Crippen LogP contribution >= 0.6 is 11.6 Å². The van der Waals surface area contributed by atoms with Gasteiger partial charge in [-0.15, -0.1) is 0 Å². The lowest BCUT2D eigenvalue weighted by atomic mass is 10.1. The topological polar surface area (TPSA) is 33.0 Å². The third kappa shape index (κ3) is 3.24. The predicted molar refractivity (Wildman–Crippen MR) is 71.6 cm³/mol. The summed E-state index contributed by atoms with van der Waals surface area (Å²) in [5.41, 5.74) is 2.57. The summed E-state index contributed by atoms with van der Waals surface area (Å²) in [6.45, 7) is 2.26. The number of halogens is 2. The van der Waals surface area contributed by atoms with Gasteiger partial charge in [0.25, 0.3) is 0 Å². The fourth-order valence-corrected chi connectivity index (χ4v) is 1.83. The van der Waals surface area contributed by atoms with E-state index < -0.39 is 5.82 Å². The molecule has 96 valence electrons. The number of nitriles is 1. The van der Waals surface area contributed by atoms with Gasteiger partial charge in [-0.2, -0.15) is 5.26 Å². The van der Waals surface area contributed by atoms with Crippen molar-refractivity contribution in [2.45, 2.75) is 13.5 Å². The maximum atomic E-state index is 13.0. The van der Waals surface area contributed by atoms with Crippen LogP contribution in [0.15, 0.2) is 36.4 Å². The highest BCUT2D eigenvalue weighted by atomic mass is 35.5. The minimum atomic E-state index is -0.469. The van der Waals surface area contributed by atoms with Crippen LogP contribution in [-0.4, -0.2) is 0 Å². The zero-order chi connectivity index (χ0) is 13.8. The molecule has 0 saturated carbocycles. The first-order valence-electron chi connectivity index (χ1n) is 5.67. The van der Waals surface area contributed by atoms with E-state index in [4.69, 9.17) is 21.6 Å². The minimum absolute atomic E-state index is 0.0362. The first-order valence-corrected chi connectivity index (χ1v) is 6.05. The molecule has 0 aliphatic heterocycles. The molecule has 0 aliphatic carbocycles. The van der Waals surface area contributed by atoms with E-state index in [2.05, 4.69) is 6.07 Å². The number of nitrogens with zero attached hydrogens (tertiary/aromatic N) is 1. The highest BCUT2D eigenvalue weighted by Crippen LogP contribution is 2.22. The average Bonchev–Trinajstić information content (AvgIpc) is 2.41. The molecule has 2 nitrogen and oxygen atoms in total. The Morgan fingerprint density at radius 3 is 2.68 bits per heavy atom. The van der Waals surface area contributed by atoms with Crippen molar-refractivity contribution in [2.24, 2.45) is 0 Å². The first kappa shape index (κ1) is 13.4. The molecule has 0 saturated heterocycles. The van der Waals surface area contributed by atoms with Crippen LogP contribution in [0.4, 0.5) is 4.39 Å². The van der Waals surface area contributed by atoms with Crippen molar-refractivity contribution in [3.63, 3.8) is 0 Å². The molecule has 2 rings (SSSR count). The zero-order valence-electron chi connectivity index (χ0n) is 10.3. The molecule has 0 unspecified atom stereocenters. The fraction of sp³-hybridized carbons (Fsp3) is 0.133. The van der Waals surface area contributed by atoms with Gasteiger partial charge >= 0.3 is 0 Å². The lowest BCUT2D eigenvalue weighted by Gasteiger charge is -2.09. The molecular formula is C15H11ClFNO. The summed E-state index contributed by atoms with van der Waals surface area (Å²) in [7, 11) is 0. The molecule has 2 aromatic rings. The highest BCUT2D eigenvalue weighted by Gasteiger charge is 2.04. The third-order valence-electron chi connectivity index (χ3n) is 2.76. The Morgan fingerprint density at radius 2 is 2.05 bits per heavy atom. The molecule has 0 aromatic heterocycles. The van der Waals surface area contributed by atoms with E-state index in [0.717, 1.165) is 11.1 Å². The van der Waals surface area contributed by atoms with Crippen LogP contribution in [0, 0.1) is 24.1 Å². The summed E-state index contributed by atoms with van der Waals surface area (Å²) < 4.78 is 18.5. The van der Waals surface area contributed by atoms with Crippen LogP contribution in [0.25, 0.3) is 0 Å². The van der Waals surface area contributed by atoms with E-state index in [1.807, 2.05) is 13.0 Å². The Labute approximate surface area is 116 Å². The molecule has 19 heavy (non-hydrogen) atoms. The van der Waals surface area contributed by atoms with E-state index in [0.29, 0.717) is 17.9 Å². The maximum Gasteiger partial charge on any atom is 0.142 e. The lowest BCUT2D eigenvalue weighted by Crippen LogP contribution is -1.98. The summed E-state index contributed by atoms with van der Waals surface area (Å²) in [4.78, 5) is 0. The van der Waals surface area contributed by atoms with Crippen LogP contribution in [0.3, 0.4) is 0 Å². The Bertz CT molecular complexity index is 649. The Morgan fingerprint density at radius 1 is 1.26 bits per heavy atom. The molecule has 0 atom stereocenters. The molecule has 2 aromatic carbocycles. The van der Waals surface area contributed by atoms with Gasteiger partial charge in [-0.1, -0.05) is 17.7 Å². The number of ether oxygens (including phenoxy) is 1. The molecule has 0 radical (unpaired) electrons. The van der Waals surface area contributed by atoms with Crippen LogP contribution in [0.2, 0.25) is 5.02 Å². The van der Waals surface area contributed by atoms with E-state index in [9.17, 15) is 4.39 Å². The van der Waals surface area contributed by atoms with Crippen LogP contribution in [0.5, 0.6) is 5.75 Å². The van der Waals surface area contributed by atoms with Crippen LogP contribution < -0.4 is 4.74 Å². The normalized spacial score (nSPS) is 10.0. The highest BCUT2D eigenvalue weighted by molar-refractivity contribution is 6.30. The van der Waals surface area contributed by atoms with Gasteiger partial charge in [0.2, 0.25) is 0 Å². The molecule has 0 aliphatic rings. The Kier molecular flexibility index (Phi) is 4.03. The number of rotatable bonds is 3. The summed E-state index contributed by atoms with van der Waals surface area (Å²) in [5.74, 6) is 0.0405. The number of benzene rings is 2. The second kappa shape index (κ2) is 5.73. The second-order valence-corrected chi connectivity index (χ2v) is 4.52. The molecule has 0 bridgehead atoms. The molecule has 0 heterocycles. The molecule has 4 heteroatoms. The van der Waals surface area contributed by atoms with Crippen LogP contribution in [-0.2, 0) is 6.61 Å². The summed E-state index contributed by atoms with van der Waals surface area (Å²) in [6.07, 6.45) is 0.